The Labute approximate surface area is 138 Å². The zero-order valence-corrected chi connectivity index (χ0v) is 14.1. The van der Waals surface area contributed by atoms with Crippen LogP contribution < -0.4 is 10.1 Å². The molecule has 1 aromatic heterocycles. The maximum atomic E-state index is 6.21. The topological polar surface area (TPSA) is 34.7 Å². The highest BCUT2D eigenvalue weighted by atomic mass is 16.5. The summed E-state index contributed by atoms with van der Waals surface area (Å²) in [5.41, 5.74) is 2.40. The molecule has 0 spiro atoms. The molecule has 3 nitrogen and oxygen atoms in total. The second-order valence-corrected chi connectivity index (χ2v) is 6.07. The Hall–Kier alpha value is -2.03. The smallest absolute Gasteiger partial charge is 0.136 e. The van der Waals surface area contributed by atoms with E-state index in [9.17, 15) is 0 Å². The van der Waals surface area contributed by atoms with E-state index in [1.807, 2.05) is 24.3 Å². The van der Waals surface area contributed by atoms with Gasteiger partial charge in [-0.15, -0.1) is 0 Å². The van der Waals surface area contributed by atoms with Gasteiger partial charge in [0.2, 0.25) is 0 Å². The number of aryl methyl sites for hydroxylation is 1. The molecule has 122 valence electrons. The van der Waals surface area contributed by atoms with Gasteiger partial charge >= 0.3 is 0 Å². The van der Waals surface area contributed by atoms with Crippen molar-refractivity contribution >= 4 is 0 Å². The summed E-state index contributed by atoms with van der Waals surface area (Å²) in [5, 5.41) is 1.13. The van der Waals surface area contributed by atoms with Crippen LogP contribution in [0.4, 0.5) is 0 Å². The fraction of sp³-hybridized carbons (Fsp3) is 0.450. The zero-order chi connectivity index (χ0) is 16.1. The summed E-state index contributed by atoms with van der Waals surface area (Å²) < 4.78 is 11.4. The summed E-state index contributed by atoms with van der Waals surface area (Å²) in [4.78, 5) is 4.84. The fourth-order valence-electron chi connectivity index (χ4n) is 3.03. The molecule has 1 aliphatic carbocycles. The van der Waals surface area contributed by atoms with Gasteiger partial charge in [-0.25, -0.2) is 0 Å². The van der Waals surface area contributed by atoms with Gasteiger partial charge in [0.05, 0.1) is 12.5 Å². The molecule has 0 saturated carbocycles. The SMILES string of the molecule is CCCCN=c1cc(-c2ccc(OC)cc2)oc2c1CCCC2. The lowest BCUT2D eigenvalue weighted by molar-refractivity contribution is 0.414. The molecule has 0 aliphatic heterocycles. The third-order valence-corrected chi connectivity index (χ3v) is 4.40. The molecule has 23 heavy (non-hydrogen) atoms. The third kappa shape index (κ3) is 3.66. The predicted molar refractivity (Wildman–Crippen MR) is 92.7 cm³/mol. The summed E-state index contributed by atoms with van der Waals surface area (Å²) >= 11 is 0. The normalized spacial score (nSPS) is 14.6. The summed E-state index contributed by atoms with van der Waals surface area (Å²) in [6.45, 7) is 3.10. The molecule has 0 atom stereocenters. The first-order valence-corrected chi connectivity index (χ1v) is 8.62. The number of fused-ring (bicyclic) bond motifs is 1. The van der Waals surface area contributed by atoms with E-state index in [-0.39, 0.29) is 0 Å². The lowest BCUT2D eigenvalue weighted by atomic mass is 9.96. The van der Waals surface area contributed by atoms with Crippen LogP contribution in [0.5, 0.6) is 5.75 Å². The van der Waals surface area contributed by atoms with Crippen LogP contribution in [-0.4, -0.2) is 13.7 Å². The average Bonchev–Trinajstić information content (AvgIpc) is 2.62. The molecule has 0 saturated heterocycles. The lowest BCUT2D eigenvalue weighted by Gasteiger charge is -2.16. The summed E-state index contributed by atoms with van der Waals surface area (Å²) in [5.74, 6) is 2.89. The van der Waals surface area contributed by atoms with Crippen molar-refractivity contribution in [1.29, 1.82) is 0 Å². The summed E-state index contributed by atoms with van der Waals surface area (Å²) in [6.07, 6.45) is 6.87. The Morgan fingerprint density at radius 1 is 1.13 bits per heavy atom. The van der Waals surface area contributed by atoms with Crippen molar-refractivity contribution in [3.05, 3.63) is 47.0 Å². The van der Waals surface area contributed by atoms with Crippen LogP contribution in [0.3, 0.4) is 0 Å². The van der Waals surface area contributed by atoms with E-state index in [0.717, 1.165) is 54.0 Å². The second-order valence-electron chi connectivity index (χ2n) is 6.07. The van der Waals surface area contributed by atoms with Gasteiger partial charge in [0.1, 0.15) is 17.3 Å². The molecule has 3 rings (SSSR count). The van der Waals surface area contributed by atoms with E-state index in [1.54, 1.807) is 7.11 Å². The third-order valence-electron chi connectivity index (χ3n) is 4.40. The van der Waals surface area contributed by atoms with Crippen molar-refractivity contribution < 1.29 is 9.15 Å². The van der Waals surface area contributed by atoms with E-state index in [2.05, 4.69) is 13.0 Å². The van der Waals surface area contributed by atoms with Gasteiger partial charge in [-0.1, -0.05) is 13.3 Å². The second kappa shape index (κ2) is 7.49. The van der Waals surface area contributed by atoms with Gasteiger partial charge in [-0.2, -0.15) is 0 Å². The Bertz CT molecular complexity index is 713. The van der Waals surface area contributed by atoms with Gasteiger partial charge in [-0.3, -0.25) is 4.99 Å². The number of ether oxygens (including phenoxy) is 1. The number of benzene rings is 1. The number of unbranched alkanes of at least 4 members (excludes halogenated alkanes) is 1. The van der Waals surface area contributed by atoms with Gasteiger partial charge < -0.3 is 9.15 Å². The highest BCUT2D eigenvalue weighted by molar-refractivity contribution is 5.58. The highest BCUT2D eigenvalue weighted by Crippen LogP contribution is 2.26. The molecule has 2 aromatic rings. The van der Waals surface area contributed by atoms with Crippen LogP contribution >= 0.6 is 0 Å². The number of hydrogen-bond donors (Lipinski definition) is 0. The van der Waals surface area contributed by atoms with Gasteiger partial charge in [0.15, 0.2) is 0 Å². The van der Waals surface area contributed by atoms with Crippen LogP contribution in [0.15, 0.2) is 39.7 Å². The van der Waals surface area contributed by atoms with Gasteiger partial charge in [0, 0.05) is 30.2 Å². The molecule has 3 heteroatoms. The van der Waals surface area contributed by atoms with Crippen molar-refractivity contribution in [3.63, 3.8) is 0 Å². The van der Waals surface area contributed by atoms with Crippen LogP contribution in [0.2, 0.25) is 0 Å². The maximum Gasteiger partial charge on any atom is 0.136 e. The van der Waals surface area contributed by atoms with Crippen LogP contribution in [0.1, 0.15) is 43.9 Å². The highest BCUT2D eigenvalue weighted by Gasteiger charge is 2.15. The van der Waals surface area contributed by atoms with E-state index in [1.165, 1.54) is 24.8 Å². The number of rotatable bonds is 5. The molecule has 0 N–H and O–H groups in total. The maximum absolute atomic E-state index is 6.21. The van der Waals surface area contributed by atoms with Crippen molar-refractivity contribution in [3.8, 4) is 17.1 Å². The first kappa shape index (κ1) is 15.9. The summed E-state index contributed by atoms with van der Waals surface area (Å²) in [7, 11) is 1.68. The van der Waals surface area contributed by atoms with Crippen LogP contribution in [0.25, 0.3) is 11.3 Å². The minimum Gasteiger partial charge on any atom is -0.497 e. The first-order chi connectivity index (χ1) is 11.3. The molecular weight excluding hydrogens is 286 g/mol. The Morgan fingerprint density at radius 2 is 1.91 bits per heavy atom. The molecule has 0 amide bonds. The Balaban J connectivity index is 2.03. The minimum absolute atomic E-state index is 0.861. The predicted octanol–water partition coefficient (Wildman–Crippen LogP) is 4.53. The van der Waals surface area contributed by atoms with E-state index >= 15 is 0 Å². The van der Waals surface area contributed by atoms with E-state index in [4.69, 9.17) is 14.1 Å². The molecule has 1 aromatic carbocycles. The van der Waals surface area contributed by atoms with Crippen molar-refractivity contribution in [1.82, 2.24) is 0 Å². The summed E-state index contributed by atoms with van der Waals surface area (Å²) in [6, 6.07) is 10.1. The first-order valence-electron chi connectivity index (χ1n) is 8.62. The van der Waals surface area contributed by atoms with E-state index in [0.29, 0.717) is 0 Å². The number of hydrogen-bond acceptors (Lipinski definition) is 3. The molecular formula is C20H25NO2. The Kier molecular flexibility index (Phi) is 5.16. The number of methoxy groups -OCH3 is 1. The van der Waals surface area contributed by atoms with Crippen molar-refractivity contribution in [2.75, 3.05) is 13.7 Å². The Morgan fingerprint density at radius 3 is 2.65 bits per heavy atom. The molecule has 0 unspecified atom stereocenters. The number of nitrogens with zero attached hydrogens (tertiary/aromatic N) is 1. The molecule has 1 aliphatic rings. The van der Waals surface area contributed by atoms with E-state index < -0.39 is 0 Å². The van der Waals surface area contributed by atoms with Crippen LogP contribution in [-0.2, 0) is 12.8 Å². The van der Waals surface area contributed by atoms with Gasteiger partial charge in [0.25, 0.3) is 0 Å². The van der Waals surface area contributed by atoms with Crippen LogP contribution in [0, 0.1) is 0 Å². The molecule has 0 fully saturated rings. The fourth-order valence-corrected chi connectivity index (χ4v) is 3.03. The monoisotopic (exact) mass is 311 g/mol. The largest absolute Gasteiger partial charge is 0.497 e. The lowest BCUT2D eigenvalue weighted by Crippen LogP contribution is -2.17. The quantitative estimate of drug-likeness (QED) is 0.760. The average molecular weight is 311 g/mol. The van der Waals surface area contributed by atoms with Crippen molar-refractivity contribution in [2.24, 2.45) is 4.99 Å². The molecule has 0 radical (unpaired) electrons. The van der Waals surface area contributed by atoms with Gasteiger partial charge in [-0.05, 0) is 49.9 Å². The zero-order valence-electron chi connectivity index (χ0n) is 14.1. The van der Waals surface area contributed by atoms with Crippen molar-refractivity contribution in [2.45, 2.75) is 45.4 Å². The standard InChI is InChI=1S/C20H25NO2/c1-3-4-13-21-18-14-20(15-9-11-16(22-2)12-10-15)23-19-8-6-5-7-17(18)19/h9-12,14H,3-8,13H2,1-2H3. The molecule has 1 heterocycles. The molecule has 0 bridgehead atoms. The minimum atomic E-state index is 0.861.